The third kappa shape index (κ3) is 4.60. The number of aromatic nitrogens is 2. The van der Waals surface area contributed by atoms with Crippen LogP contribution >= 0.6 is 23.1 Å². The fourth-order valence-corrected chi connectivity index (χ4v) is 5.76. The van der Waals surface area contributed by atoms with E-state index in [1.807, 2.05) is 25.1 Å². The second-order valence-electron chi connectivity index (χ2n) is 7.39. The lowest BCUT2D eigenvalue weighted by Crippen LogP contribution is -2.19. The van der Waals surface area contributed by atoms with Gasteiger partial charge in [-0.2, -0.15) is 0 Å². The summed E-state index contributed by atoms with van der Waals surface area (Å²) in [6.07, 6.45) is 4.71. The number of anilines is 1. The van der Waals surface area contributed by atoms with Crippen molar-refractivity contribution < 1.29 is 9.59 Å². The monoisotopic (exact) mass is 440 g/mol. The third-order valence-electron chi connectivity index (χ3n) is 5.19. The zero-order valence-electron chi connectivity index (χ0n) is 16.8. The molecule has 1 aliphatic rings. The summed E-state index contributed by atoms with van der Waals surface area (Å²) < 4.78 is 0. The van der Waals surface area contributed by atoms with Crippen LogP contribution in [-0.4, -0.2) is 27.5 Å². The number of fused-ring (bicyclic) bond motifs is 1. The topological polar surface area (TPSA) is 101 Å². The highest BCUT2D eigenvalue weighted by Gasteiger charge is 2.25. The lowest BCUT2D eigenvalue weighted by atomic mass is 9.95. The van der Waals surface area contributed by atoms with Crippen LogP contribution in [0, 0.1) is 6.92 Å². The van der Waals surface area contributed by atoms with E-state index in [9.17, 15) is 9.59 Å². The first kappa shape index (κ1) is 20.7. The van der Waals surface area contributed by atoms with Gasteiger partial charge in [0.25, 0.3) is 5.91 Å². The van der Waals surface area contributed by atoms with E-state index >= 15 is 0 Å². The second kappa shape index (κ2) is 9.06. The number of aromatic amines is 1. The van der Waals surface area contributed by atoms with Gasteiger partial charge in [0.2, 0.25) is 5.91 Å². The van der Waals surface area contributed by atoms with E-state index in [-0.39, 0.29) is 11.7 Å². The van der Waals surface area contributed by atoms with Crippen LogP contribution in [0.2, 0.25) is 0 Å². The van der Waals surface area contributed by atoms with Gasteiger partial charge in [0.05, 0.1) is 17.0 Å². The summed E-state index contributed by atoms with van der Waals surface area (Å²) in [5.41, 5.74) is 10.3. The third-order valence-corrected chi connectivity index (χ3v) is 7.27. The Labute approximate surface area is 183 Å². The van der Waals surface area contributed by atoms with Crippen molar-refractivity contribution in [2.75, 3.05) is 11.1 Å². The molecule has 0 saturated heterocycles. The zero-order valence-corrected chi connectivity index (χ0v) is 18.4. The van der Waals surface area contributed by atoms with Gasteiger partial charge in [-0.1, -0.05) is 42.1 Å². The number of hydrogen-bond donors (Lipinski definition) is 3. The van der Waals surface area contributed by atoms with Crippen molar-refractivity contribution in [3.05, 3.63) is 63.3 Å². The molecule has 0 radical (unpaired) electrons. The largest absolute Gasteiger partial charge is 0.365 e. The Balaban J connectivity index is 1.39. The molecule has 1 aliphatic carbocycles. The molecule has 8 heteroatoms. The maximum atomic E-state index is 12.5. The molecule has 0 bridgehead atoms. The smallest absolute Gasteiger partial charge is 0.251 e. The van der Waals surface area contributed by atoms with E-state index in [0.717, 1.165) is 49.1 Å². The minimum Gasteiger partial charge on any atom is -0.365 e. The molecule has 0 atom stereocenters. The van der Waals surface area contributed by atoms with E-state index < -0.39 is 5.91 Å². The predicted octanol–water partition coefficient (Wildman–Crippen LogP) is 4.08. The van der Waals surface area contributed by atoms with Crippen LogP contribution in [-0.2, 0) is 24.1 Å². The molecule has 0 aliphatic heterocycles. The minimum atomic E-state index is -0.468. The number of rotatable bonds is 7. The van der Waals surface area contributed by atoms with Crippen molar-refractivity contribution in [2.24, 2.45) is 5.73 Å². The molecule has 156 valence electrons. The van der Waals surface area contributed by atoms with Crippen molar-refractivity contribution in [1.29, 1.82) is 0 Å². The number of thiophene rings is 1. The van der Waals surface area contributed by atoms with Gasteiger partial charge < -0.3 is 16.0 Å². The number of primary amides is 1. The van der Waals surface area contributed by atoms with Crippen molar-refractivity contribution >= 4 is 39.9 Å². The number of nitrogens with zero attached hydrogens (tertiary/aromatic N) is 1. The number of hydrogen-bond acceptors (Lipinski definition) is 5. The average molecular weight is 441 g/mol. The summed E-state index contributed by atoms with van der Waals surface area (Å²) in [5, 5.41) is 4.20. The second-order valence-corrected chi connectivity index (χ2v) is 9.46. The highest BCUT2D eigenvalue weighted by atomic mass is 32.2. The maximum absolute atomic E-state index is 12.5. The van der Waals surface area contributed by atoms with E-state index in [1.165, 1.54) is 33.5 Å². The van der Waals surface area contributed by atoms with Gasteiger partial charge in [-0.25, -0.2) is 4.98 Å². The predicted molar refractivity (Wildman–Crippen MR) is 121 cm³/mol. The normalized spacial score (nSPS) is 13.1. The molecule has 2 heterocycles. The molecule has 30 heavy (non-hydrogen) atoms. The molecule has 4 rings (SSSR count). The van der Waals surface area contributed by atoms with E-state index in [0.29, 0.717) is 15.7 Å². The first-order valence-corrected chi connectivity index (χ1v) is 11.8. The molecule has 6 nitrogen and oxygen atoms in total. The van der Waals surface area contributed by atoms with Gasteiger partial charge in [0.1, 0.15) is 5.00 Å². The van der Waals surface area contributed by atoms with Crippen LogP contribution in [0.5, 0.6) is 0 Å². The molecule has 0 saturated carbocycles. The quantitative estimate of drug-likeness (QED) is 0.482. The standard InChI is InChI=1S/C22H24N4O2S2/c1-13-16(11-14-7-3-2-4-8-14)25-22(24-13)29-12-18(27)26-21-19(20(23)28)15-9-5-6-10-17(15)30-21/h2-4,7-8H,5-6,9-12H2,1H3,(H2,23,28)(H,24,25)(H,26,27). The number of carbonyl (C=O) groups is 2. The zero-order chi connectivity index (χ0) is 21.1. The molecule has 0 unspecified atom stereocenters. The maximum Gasteiger partial charge on any atom is 0.251 e. The van der Waals surface area contributed by atoms with E-state index in [4.69, 9.17) is 5.73 Å². The Hall–Kier alpha value is -2.58. The number of imidazole rings is 1. The summed E-state index contributed by atoms with van der Waals surface area (Å²) in [6.45, 7) is 1.99. The van der Waals surface area contributed by atoms with Crippen LogP contribution in [0.25, 0.3) is 0 Å². The molecule has 2 amide bonds. The summed E-state index contributed by atoms with van der Waals surface area (Å²) in [6, 6.07) is 10.2. The number of amides is 2. The van der Waals surface area contributed by atoms with Crippen LogP contribution in [0.1, 0.15) is 50.6 Å². The molecule has 1 aromatic carbocycles. The first-order chi connectivity index (χ1) is 14.5. The minimum absolute atomic E-state index is 0.167. The Morgan fingerprint density at radius 1 is 1.23 bits per heavy atom. The van der Waals surface area contributed by atoms with Crippen LogP contribution in [0.15, 0.2) is 35.5 Å². The Morgan fingerprint density at radius 2 is 2.00 bits per heavy atom. The summed E-state index contributed by atoms with van der Waals surface area (Å²) in [4.78, 5) is 33.6. The fraction of sp³-hybridized carbons (Fsp3) is 0.318. The summed E-state index contributed by atoms with van der Waals surface area (Å²) >= 11 is 2.83. The lowest BCUT2D eigenvalue weighted by Gasteiger charge is -2.11. The van der Waals surface area contributed by atoms with Crippen molar-refractivity contribution in [1.82, 2.24) is 9.97 Å². The number of nitrogens with two attached hydrogens (primary N) is 1. The van der Waals surface area contributed by atoms with Gasteiger partial charge in [-0.3, -0.25) is 9.59 Å². The highest BCUT2D eigenvalue weighted by molar-refractivity contribution is 7.99. The Bertz CT molecular complexity index is 1070. The van der Waals surface area contributed by atoms with Crippen molar-refractivity contribution in [3.8, 4) is 0 Å². The number of benzene rings is 1. The van der Waals surface area contributed by atoms with Gasteiger partial charge in [0.15, 0.2) is 5.16 Å². The molecule has 4 N–H and O–H groups in total. The summed E-state index contributed by atoms with van der Waals surface area (Å²) in [5.74, 6) is -0.428. The number of H-pyrrole nitrogens is 1. The van der Waals surface area contributed by atoms with Gasteiger partial charge in [0, 0.05) is 17.0 Å². The van der Waals surface area contributed by atoms with E-state index in [2.05, 4.69) is 27.4 Å². The molecule has 0 fully saturated rings. The van der Waals surface area contributed by atoms with Gasteiger partial charge in [-0.15, -0.1) is 11.3 Å². The molecule has 0 spiro atoms. The number of carbonyl (C=O) groups excluding carboxylic acids is 2. The van der Waals surface area contributed by atoms with Crippen LogP contribution < -0.4 is 11.1 Å². The van der Waals surface area contributed by atoms with E-state index in [1.54, 1.807) is 0 Å². The average Bonchev–Trinajstić information content (AvgIpc) is 3.27. The van der Waals surface area contributed by atoms with Gasteiger partial charge in [-0.05, 0) is 43.7 Å². The Kier molecular flexibility index (Phi) is 6.24. The number of nitrogens with one attached hydrogen (secondary N) is 2. The molecule has 3 aromatic rings. The lowest BCUT2D eigenvalue weighted by molar-refractivity contribution is -0.113. The SMILES string of the molecule is Cc1[nH]c(SCC(=O)Nc2sc3c(c2C(N)=O)CCCC3)nc1Cc1ccccc1. The first-order valence-electron chi connectivity index (χ1n) is 9.97. The summed E-state index contributed by atoms with van der Waals surface area (Å²) in [7, 11) is 0. The molecular weight excluding hydrogens is 416 g/mol. The van der Waals surface area contributed by atoms with Gasteiger partial charge >= 0.3 is 0 Å². The number of aryl methyl sites for hydroxylation is 2. The van der Waals surface area contributed by atoms with Crippen molar-refractivity contribution in [2.45, 2.75) is 44.2 Å². The molecular formula is C22H24N4O2S2. The fourth-order valence-electron chi connectivity index (χ4n) is 3.71. The van der Waals surface area contributed by atoms with Crippen molar-refractivity contribution in [3.63, 3.8) is 0 Å². The Morgan fingerprint density at radius 3 is 2.77 bits per heavy atom. The highest BCUT2D eigenvalue weighted by Crippen LogP contribution is 2.38. The molecule has 2 aromatic heterocycles. The number of thioether (sulfide) groups is 1. The van der Waals surface area contributed by atoms with Crippen LogP contribution in [0.3, 0.4) is 0 Å². The van der Waals surface area contributed by atoms with Crippen LogP contribution in [0.4, 0.5) is 5.00 Å².